The summed E-state index contributed by atoms with van der Waals surface area (Å²) >= 11 is 0. The molecular formula is C14H27N3O3. The summed E-state index contributed by atoms with van der Waals surface area (Å²) < 4.78 is 5.35. The molecule has 1 fully saturated rings. The van der Waals surface area contributed by atoms with Gasteiger partial charge in [-0.2, -0.15) is 0 Å². The van der Waals surface area contributed by atoms with Crippen LogP contribution in [0.4, 0.5) is 4.79 Å². The number of likely N-dealkylation sites (tertiary alicyclic amines) is 1. The Morgan fingerprint density at radius 1 is 1.40 bits per heavy atom. The van der Waals surface area contributed by atoms with Gasteiger partial charge in [-0.05, 0) is 40.5 Å². The lowest BCUT2D eigenvalue weighted by Crippen LogP contribution is -2.53. The first-order valence-electron chi connectivity index (χ1n) is 7.12. The van der Waals surface area contributed by atoms with Gasteiger partial charge in [0, 0.05) is 20.1 Å². The van der Waals surface area contributed by atoms with Crippen LogP contribution in [0.1, 0.15) is 40.5 Å². The molecule has 6 heteroatoms. The molecule has 0 saturated carbocycles. The number of likely N-dealkylation sites (N-methyl/N-ethyl adjacent to an activating group) is 1. The zero-order chi connectivity index (χ0) is 15.5. The van der Waals surface area contributed by atoms with Crippen molar-refractivity contribution in [2.24, 2.45) is 5.73 Å². The second kappa shape index (κ2) is 6.43. The van der Waals surface area contributed by atoms with Crippen LogP contribution in [0.2, 0.25) is 0 Å². The number of hydrogen-bond donors (Lipinski definition) is 1. The first kappa shape index (κ1) is 16.8. The summed E-state index contributed by atoms with van der Waals surface area (Å²) in [5.74, 6) is -0.0627. The number of amides is 2. The maximum absolute atomic E-state index is 12.0. The summed E-state index contributed by atoms with van der Waals surface area (Å²) in [4.78, 5) is 27.3. The van der Waals surface area contributed by atoms with E-state index >= 15 is 0 Å². The Hall–Kier alpha value is -1.30. The molecule has 2 atom stereocenters. The van der Waals surface area contributed by atoms with Crippen LogP contribution < -0.4 is 5.73 Å². The van der Waals surface area contributed by atoms with E-state index in [1.54, 1.807) is 23.8 Å². The van der Waals surface area contributed by atoms with E-state index in [2.05, 4.69) is 0 Å². The van der Waals surface area contributed by atoms with E-state index in [1.807, 2.05) is 20.8 Å². The highest BCUT2D eigenvalue weighted by atomic mass is 16.6. The lowest BCUT2D eigenvalue weighted by atomic mass is 10.0. The fourth-order valence-corrected chi connectivity index (χ4v) is 2.24. The first-order chi connectivity index (χ1) is 9.11. The number of nitrogens with zero attached hydrogens (tertiary/aromatic N) is 2. The Bertz CT molecular complexity index is 363. The third-order valence-corrected chi connectivity index (χ3v) is 3.33. The Morgan fingerprint density at radius 3 is 2.50 bits per heavy atom. The molecule has 0 aromatic carbocycles. The Kier molecular flexibility index (Phi) is 5.39. The highest BCUT2D eigenvalue weighted by molar-refractivity contribution is 5.81. The summed E-state index contributed by atoms with van der Waals surface area (Å²) in [6, 6.07) is -0.512. The summed E-state index contributed by atoms with van der Waals surface area (Å²) in [6.45, 7) is 8.43. The Labute approximate surface area is 121 Å². The lowest BCUT2D eigenvalue weighted by Gasteiger charge is -2.38. The Balaban J connectivity index is 2.62. The lowest BCUT2D eigenvalue weighted by molar-refractivity contribution is -0.134. The molecule has 0 bridgehead atoms. The van der Waals surface area contributed by atoms with Crippen LogP contribution in [0.3, 0.4) is 0 Å². The van der Waals surface area contributed by atoms with Crippen LogP contribution in [0.25, 0.3) is 0 Å². The average Bonchev–Trinajstić information content (AvgIpc) is 2.35. The zero-order valence-corrected chi connectivity index (χ0v) is 13.2. The molecule has 116 valence electrons. The SMILES string of the molecule is C[C@H](N)C(=O)N1CCC[C@@H](N(C)C(=O)OC(C)(C)C)C1. The molecule has 1 saturated heterocycles. The van der Waals surface area contributed by atoms with Crippen molar-refractivity contribution in [2.45, 2.75) is 58.2 Å². The summed E-state index contributed by atoms with van der Waals surface area (Å²) in [5.41, 5.74) is 5.12. The molecule has 1 heterocycles. The Morgan fingerprint density at radius 2 is 2.00 bits per heavy atom. The molecular weight excluding hydrogens is 258 g/mol. The monoisotopic (exact) mass is 285 g/mol. The van der Waals surface area contributed by atoms with Crippen molar-refractivity contribution in [3.05, 3.63) is 0 Å². The molecule has 1 aliphatic heterocycles. The summed E-state index contributed by atoms with van der Waals surface area (Å²) in [7, 11) is 1.72. The maximum atomic E-state index is 12.0. The van der Waals surface area contributed by atoms with Gasteiger partial charge in [-0.1, -0.05) is 0 Å². The topological polar surface area (TPSA) is 75.9 Å². The first-order valence-corrected chi connectivity index (χ1v) is 7.12. The van der Waals surface area contributed by atoms with Crippen LogP contribution in [0, 0.1) is 0 Å². The van der Waals surface area contributed by atoms with Crippen LogP contribution in [-0.2, 0) is 9.53 Å². The van der Waals surface area contributed by atoms with Gasteiger partial charge >= 0.3 is 6.09 Å². The molecule has 0 aromatic rings. The van der Waals surface area contributed by atoms with E-state index in [0.717, 1.165) is 12.8 Å². The van der Waals surface area contributed by atoms with Gasteiger partial charge in [0.05, 0.1) is 12.1 Å². The van der Waals surface area contributed by atoms with Crippen molar-refractivity contribution >= 4 is 12.0 Å². The molecule has 2 N–H and O–H groups in total. The number of piperidine rings is 1. The molecule has 20 heavy (non-hydrogen) atoms. The second-order valence-corrected chi connectivity index (χ2v) is 6.46. The number of carbonyl (C=O) groups is 2. The molecule has 6 nitrogen and oxygen atoms in total. The van der Waals surface area contributed by atoms with E-state index in [-0.39, 0.29) is 18.0 Å². The van der Waals surface area contributed by atoms with E-state index in [1.165, 1.54) is 0 Å². The van der Waals surface area contributed by atoms with E-state index < -0.39 is 11.6 Å². The van der Waals surface area contributed by atoms with Gasteiger partial charge in [0.25, 0.3) is 0 Å². The second-order valence-electron chi connectivity index (χ2n) is 6.46. The predicted octanol–water partition coefficient (Wildman–Crippen LogP) is 1.19. The number of ether oxygens (including phenoxy) is 1. The summed E-state index contributed by atoms with van der Waals surface area (Å²) in [5, 5.41) is 0. The largest absolute Gasteiger partial charge is 0.444 e. The van der Waals surface area contributed by atoms with Gasteiger partial charge in [-0.3, -0.25) is 4.79 Å². The molecule has 0 spiro atoms. The van der Waals surface area contributed by atoms with Crippen molar-refractivity contribution < 1.29 is 14.3 Å². The van der Waals surface area contributed by atoms with Crippen LogP contribution >= 0.6 is 0 Å². The fourth-order valence-electron chi connectivity index (χ4n) is 2.24. The minimum Gasteiger partial charge on any atom is -0.444 e. The van der Waals surface area contributed by atoms with Crippen LogP contribution in [0.15, 0.2) is 0 Å². The molecule has 0 aliphatic carbocycles. The van der Waals surface area contributed by atoms with E-state index in [0.29, 0.717) is 13.1 Å². The van der Waals surface area contributed by atoms with Gasteiger partial charge in [0.1, 0.15) is 5.60 Å². The van der Waals surface area contributed by atoms with Crippen molar-refractivity contribution in [3.8, 4) is 0 Å². The average molecular weight is 285 g/mol. The number of rotatable bonds is 2. The molecule has 0 aromatic heterocycles. The molecule has 2 amide bonds. The number of nitrogens with two attached hydrogens (primary N) is 1. The minimum absolute atomic E-state index is 0.0127. The van der Waals surface area contributed by atoms with E-state index in [9.17, 15) is 9.59 Å². The molecule has 1 rings (SSSR count). The highest BCUT2D eigenvalue weighted by Crippen LogP contribution is 2.18. The smallest absolute Gasteiger partial charge is 0.410 e. The van der Waals surface area contributed by atoms with Crippen molar-refractivity contribution in [2.75, 3.05) is 20.1 Å². The number of hydrogen-bond acceptors (Lipinski definition) is 4. The maximum Gasteiger partial charge on any atom is 0.410 e. The van der Waals surface area contributed by atoms with Crippen molar-refractivity contribution in [3.63, 3.8) is 0 Å². The fraction of sp³-hybridized carbons (Fsp3) is 0.857. The minimum atomic E-state index is -0.513. The third-order valence-electron chi connectivity index (χ3n) is 3.33. The predicted molar refractivity (Wildman–Crippen MR) is 77.2 cm³/mol. The van der Waals surface area contributed by atoms with Crippen LogP contribution in [-0.4, -0.2) is 59.6 Å². The van der Waals surface area contributed by atoms with Gasteiger partial charge < -0.3 is 20.3 Å². The van der Waals surface area contributed by atoms with E-state index in [4.69, 9.17) is 10.5 Å². The van der Waals surface area contributed by atoms with Gasteiger partial charge in [0.15, 0.2) is 0 Å². The quantitative estimate of drug-likeness (QED) is 0.827. The van der Waals surface area contributed by atoms with Crippen molar-refractivity contribution in [1.29, 1.82) is 0 Å². The zero-order valence-electron chi connectivity index (χ0n) is 13.2. The molecule has 0 radical (unpaired) electrons. The van der Waals surface area contributed by atoms with Gasteiger partial charge in [-0.15, -0.1) is 0 Å². The third kappa shape index (κ3) is 4.67. The van der Waals surface area contributed by atoms with Gasteiger partial charge in [0.2, 0.25) is 5.91 Å². The van der Waals surface area contributed by atoms with Crippen LogP contribution in [0.5, 0.6) is 0 Å². The van der Waals surface area contributed by atoms with Crippen molar-refractivity contribution in [1.82, 2.24) is 9.80 Å². The highest BCUT2D eigenvalue weighted by Gasteiger charge is 2.31. The summed E-state index contributed by atoms with van der Waals surface area (Å²) in [6.07, 6.45) is 1.40. The molecule has 1 aliphatic rings. The van der Waals surface area contributed by atoms with Gasteiger partial charge in [-0.25, -0.2) is 4.79 Å². The normalized spacial score (nSPS) is 21.3. The number of carbonyl (C=O) groups excluding carboxylic acids is 2. The standard InChI is InChI=1S/C14H27N3O3/c1-10(15)12(18)17-8-6-7-11(9-17)16(5)13(19)20-14(2,3)4/h10-11H,6-9,15H2,1-5H3/t10-,11+/m0/s1. The molecule has 0 unspecified atom stereocenters.